The van der Waals surface area contributed by atoms with Crippen LogP contribution in [-0.4, -0.2) is 24.8 Å². The van der Waals surface area contributed by atoms with E-state index in [2.05, 4.69) is 36.2 Å². The van der Waals surface area contributed by atoms with Crippen molar-refractivity contribution < 1.29 is 5.11 Å². The smallest absolute Gasteiger partial charge is 0.0722 e. The van der Waals surface area contributed by atoms with Crippen molar-refractivity contribution in [3.05, 3.63) is 34.9 Å². The van der Waals surface area contributed by atoms with Crippen molar-refractivity contribution in [3.8, 4) is 0 Å². The van der Waals surface area contributed by atoms with E-state index >= 15 is 0 Å². The molecule has 0 spiro atoms. The lowest BCUT2D eigenvalue weighted by molar-refractivity contribution is 0.232. The number of fused-ring (bicyclic) bond motifs is 1. The van der Waals surface area contributed by atoms with Crippen LogP contribution in [0.4, 0.5) is 5.69 Å². The molecule has 17 heavy (non-hydrogen) atoms. The number of benzene rings is 1. The van der Waals surface area contributed by atoms with Crippen LogP contribution in [0.25, 0.3) is 6.08 Å². The van der Waals surface area contributed by atoms with Crippen LogP contribution in [-0.2, 0) is 6.42 Å². The first-order valence-electron chi connectivity index (χ1n) is 6.28. The first-order valence-corrected chi connectivity index (χ1v) is 6.28. The second-order valence-electron chi connectivity index (χ2n) is 4.98. The third-order valence-corrected chi connectivity index (χ3v) is 3.51. The molecule has 2 nitrogen and oxygen atoms in total. The molecule has 0 fully saturated rings. The van der Waals surface area contributed by atoms with Crippen LogP contribution in [0.2, 0.25) is 0 Å². The van der Waals surface area contributed by atoms with E-state index in [1.54, 1.807) is 6.92 Å². The molecule has 1 atom stereocenters. The van der Waals surface area contributed by atoms with Crippen molar-refractivity contribution in [1.29, 1.82) is 0 Å². The van der Waals surface area contributed by atoms with Gasteiger partial charge in [0.1, 0.15) is 0 Å². The quantitative estimate of drug-likeness (QED) is 0.846. The van der Waals surface area contributed by atoms with Crippen molar-refractivity contribution in [2.45, 2.75) is 32.8 Å². The van der Waals surface area contributed by atoms with Crippen LogP contribution in [0.1, 0.15) is 31.4 Å². The average molecular weight is 231 g/mol. The van der Waals surface area contributed by atoms with E-state index in [-0.39, 0.29) is 6.10 Å². The van der Waals surface area contributed by atoms with Crippen LogP contribution >= 0.6 is 0 Å². The highest BCUT2D eigenvalue weighted by molar-refractivity contribution is 5.63. The third-order valence-electron chi connectivity index (χ3n) is 3.51. The number of hydrogen-bond donors (Lipinski definition) is 1. The molecule has 0 saturated carbocycles. The summed E-state index contributed by atoms with van der Waals surface area (Å²) >= 11 is 0. The molecule has 0 saturated heterocycles. The summed E-state index contributed by atoms with van der Waals surface area (Å²) in [5, 5.41) is 9.49. The molecule has 2 rings (SSSR count). The monoisotopic (exact) mass is 231 g/mol. The Bertz CT molecular complexity index is 435. The average Bonchev–Trinajstić information content (AvgIpc) is 2.29. The molecule has 1 aliphatic heterocycles. The number of nitrogens with zero attached hydrogens (tertiary/aromatic N) is 1. The highest BCUT2D eigenvalue weighted by Gasteiger charge is 2.13. The first-order chi connectivity index (χ1) is 8.08. The van der Waals surface area contributed by atoms with Gasteiger partial charge in [0.15, 0.2) is 0 Å². The van der Waals surface area contributed by atoms with Gasteiger partial charge in [0.05, 0.1) is 6.10 Å². The van der Waals surface area contributed by atoms with Gasteiger partial charge in [0, 0.05) is 19.3 Å². The Morgan fingerprint density at radius 2 is 2.24 bits per heavy atom. The number of hydrogen-bond acceptors (Lipinski definition) is 2. The van der Waals surface area contributed by atoms with Gasteiger partial charge in [-0.25, -0.2) is 0 Å². The number of rotatable bonds is 2. The molecule has 1 unspecified atom stereocenters. The fourth-order valence-corrected chi connectivity index (χ4v) is 2.28. The summed E-state index contributed by atoms with van der Waals surface area (Å²) in [6, 6.07) is 6.57. The molecular weight excluding hydrogens is 210 g/mol. The molecule has 0 aliphatic carbocycles. The Kier molecular flexibility index (Phi) is 3.53. The van der Waals surface area contributed by atoms with Gasteiger partial charge in [-0.2, -0.15) is 0 Å². The third kappa shape index (κ3) is 2.70. The van der Waals surface area contributed by atoms with Gasteiger partial charge in [0.25, 0.3) is 0 Å². The van der Waals surface area contributed by atoms with E-state index in [0.29, 0.717) is 0 Å². The minimum Gasteiger partial charge on any atom is -0.389 e. The van der Waals surface area contributed by atoms with Crippen molar-refractivity contribution >= 4 is 11.8 Å². The summed E-state index contributed by atoms with van der Waals surface area (Å²) in [6.07, 6.45) is 4.09. The minimum absolute atomic E-state index is 0.367. The van der Waals surface area contributed by atoms with Gasteiger partial charge >= 0.3 is 0 Å². The Morgan fingerprint density at radius 1 is 1.47 bits per heavy atom. The minimum atomic E-state index is -0.367. The summed E-state index contributed by atoms with van der Waals surface area (Å²) in [4.78, 5) is 2.31. The molecule has 1 heterocycles. The van der Waals surface area contributed by atoms with Gasteiger partial charge in [-0.05, 0) is 55.5 Å². The van der Waals surface area contributed by atoms with Crippen LogP contribution in [0.3, 0.4) is 0 Å². The largest absolute Gasteiger partial charge is 0.389 e. The summed E-state index contributed by atoms with van der Waals surface area (Å²) in [6.45, 7) is 4.92. The molecule has 0 bridgehead atoms. The molecule has 92 valence electrons. The van der Waals surface area contributed by atoms with E-state index in [4.69, 9.17) is 0 Å². The standard InChI is InChI=1S/C15H21NO/c1-11(12(2)17)9-13-6-7-15-14(10-13)5-4-8-16(15)3/h6-7,9-10,12,17H,4-5,8H2,1-3H3/b11-9+. The zero-order chi connectivity index (χ0) is 12.4. The SMILES string of the molecule is C/C(=C\c1ccc2c(c1)CCCN2C)C(C)O. The molecule has 1 aromatic rings. The van der Waals surface area contributed by atoms with Crippen LogP contribution in [0.15, 0.2) is 23.8 Å². The van der Waals surface area contributed by atoms with E-state index in [0.717, 1.165) is 18.5 Å². The predicted octanol–water partition coefficient (Wildman–Crippen LogP) is 2.85. The second-order valence-corrected chi connectivity index (χ2v) is 4.98. The summed E-state index contributed by atoms with van der Waals surface area (Å²) < 4.78 is 0. The maximum atomic E-state index is 9.49. The van der Waals surface area contributed by atoms with Crippen LogP contribution in [0, 0.1) is 0 Å². The topological polar surface area (TPSA) is 23.5 Å². The van der Waals surface area contributed by atoms with Crippen LogP contribution < -0.4 is 4.90 Å². The maximum Gasteiger partial charge on any atom is 0.0722 e. The van der Waals surface area contributed by atoms with E-state index in [9.17, 15) is 5.11 Å². The van der Waals surface area contributed by atoms with E-state index in [1.807, 2.05) is 6.92 Å². The zero-order valence-corrected chi connectivity index (χ0v) is 10.9. The highest BCUT2D eigenvalue weighted by Crippen LogP contribution is 2.27. The van der Waals surface area contributed by atoms with E-state index in [1.165, 1.54) is 23.2 Å². The number of aryl methyl sites for hydroxylation is 1. The highest BCUT2D eigenvalue weighted by atomic mass is 16.3. The summed E-state index contributed by atoms with van der Waals surface area (Å²) in [7, 11) is 2.15. The van der Waals surface area contributed by atoms with Gasteiger partial charge in [0.2, 0.25) is 0 Å². The van der Waals surface area contributed by atoms with Gasteiger partial charge in [-0.3, -0.25) is 0 Å². The fourth-order valence-electron chi connectivity index (χ4n) is 2.28. The lowest BCUT2D eigenvalue weighted by Crippen LogP contribution is -2.24. The maximum absolute atomic E-state index is 9.49. The molecule has 1 aliphatic rings. The first kappa shape index (κ1) is 12.2. The Balaban J connectivity index is 2.31. The lowest BCUT2D eigenvalue weighted by Gasteiger charge is -2.27. The van der Waals surface area contributed by atoms with Crippen molar-refractivity contribution in [2.24, 2.45) is 0 Å². The number of aliphatic hydroxyl groups is 1. The number of anilines is 1. The van der Waals surface area contributed by atoms with Crippen LogP contribution in [0.5, 0.6) is 0 Å². The number of aliphatic hydroxyl groups excluding tert-OH is 1. The molecule has 1 aromatic carbocycles. The molecule has 0 aromatic heterocycles. The van der Waals surface area contributed by atoms with Crippen molar-refractivity contribution in [3.63, 3.8) is 0 Å². The van der Waals surface area contributed by atoms with Gasteiger partial charge in [-0.15, -0.1) is 0 Å². The van der Waals surface area contributed by atoms with Crippen molar-refractivity contribution in [2.75, 3.05) is 18.5 Å². The predicted molar refractivity (Wildman–Crippen MR) is 73.4 cm³/mol. The molecular formula is C15H21NO. The molecule has 2 heteroatoms. The summed E-state index contributed by atoms with van der Waals surface area (Å²) in [5.41, 5.74) is 4.97. The van der Waals surface area contributed by atoms with E-state index < -0.39 is 0 Å². The molecule has 0 radical (unpaired) electrons. The normalized spacial score (nSPS) is 17.9. The van der Waals surface area contributed by atoms with Gasteiger partial charge in [-0.1, -0.05) is 12.1 Å². The van der Waals surface area contributed by atoms with Gasteiger partial charge < -0.3 is 10.0 Å². The fraction of sp³-hybridized carbons (Fsp3) is 0.467. The lowest BCUT2D eigenvalue weighted by atomic mass is 9.98. The zero-order valence-electron chi connectivity index (χ0n) is 10.9. The summed E-state index contributed by atoms with van der Waals surface area (Å²) in [5.74, 6) is 0. The molecule has 0 amide bonds. The van der Waals surface area contributed by atoms with Crippen molar-refractivity contribution in [1.82, 2.24) is 0 Å². The second kappa shape index (κ2) is 4.92. The molecule has 1 N–H and O–H groups in total. The Labute approximate surface area is 104 Å². The Hall–Kier alpha value is -1.28. The Morgan fingerprint density at radius 3 is 2.94 bits per heavy atom.